The second kappa shape index (κ2) is 8.96. The first kappa shape index (κ1) is 19.4. The number of benzene rings is 1. The first-order chi connectivity index (χ1) is 12.0. The average Bonchev–Trinajstić information content (AvgIpc) is 2.53. The molecule has 3 N–H and O–H groups in total. The third kappa shape index (κ3) is 5.54. The summed E-state index contributed by atoms with van der Waals surface area (Å²) in [5.74, 6) is 0.672. The highest BCUT2D eigenvalue weighted by atomic mass is 19.3. The number of hydrogen-bond acceptors (Lipinski definition) is 4. The molecular formula is C17H25F2N3O3. The van der Waals surface area contributed by atoms with Crippen LogP contribution in [0.2, 0.25) is 0 Å². The van der Waals surface area contributed by atoms with Crippen LogP contribution in [0.4, 0.5) is 8.78 Å². The number of aryl methyl sites for hydroxylation is 1. The summed E-state index contributed by atoms with van der Waals surface area (Å²) in [6.45, 7) is 3.34. The van der Waals surface area contributed by atoms with Gasteiger partial charge in [-0.1, -0.05) is 17.7 Å². The van der Waals surface area contributed by atoms with Gasteiger partial charge < -0.3 is 25.2 Å². The zero-order chi connectivity index (χ0) is 18.3. The molecule has 1 saturated heterocycles. The topological polar surface area (TPSA) is 75.1 Å². The van der Waals surface area contributed by atoms with Gasteiger partial charge in [0, 0.05) is 18.7 Å². The number of hydrogen-bond donors (Lipinski definition) is 3. The van der Waals surface area contributed by atoms with E-state index in [4.69, 9.17) is 4.74 Å². The first-order valence-corrected chi connectivity index (χ1v) is 8.23. The predicted molar refractivity (Wildman–Crippen MR) is 91.0 cm³/mol. The van der Waals surface area contributed by atoms with Crippen molar-refractivity contribution in [1.29, 1.82) is 0 Å². The van der Waals surface area contributed by atoms with Gasteiger partial charge in [0.2, 0.25) is 0 Å². The zero-order valence-electron chi connectivity index (χ0n) is 14.5. The number of alkyl halides is 2. The van der Waals surface area contributed by atoms with Crippen LogP contribution in [-0.2, 0) is 11.3 Å². The Morgan fingerprint density at radius 2 is 2.16 bits per heavy atom. The summed E-state index contributed by atoms with van der Waals surface area (Å²) < 4.78 is 34.8. The third-order valence-electron chi connectivity index (χ3n) is 3.97. The van der Waals surface area contributed by atoms with Crippen LogP contribution in [0, 0.1) is 12.3 Å². The number of nitrogens with zero attached hydrogens (tertiary/aromatic N) is 1. The summed E-state index contributed by atoms with van der Waals surface area (Å²) >= 11 is 0. The molecule has 0 saturated carbocycles. The summed E-state index contributed by atoms with van der Waals surface area (Å²) in [4.78, 5) is 4.44. The lowest BCUT2D eigenvalue weighted by Gasteiger charge is -2.40. The molecular weight excluding hydrogens is 332 g/mol. The van der Waals surface area contributed by atoms with Crippen molar-refractivity contribution in [1.82, 2.24) is 10.6 Å². The number of aliphatic hydroxyl groups is 1. The lowest BCUT2D eigenvalue weighted by atomic mass is 9.87. The number of rotatable bonds is 8. The third-order valence-corrected chi connectivity index (χ3v) is 3.97. The fourth-order valence-electron chi connectivity index (χ4n) is 2.46. The fraction of sp³-hybridized carbons (Fsp3) is 0.588. The van der Waals surface area contributed by atoms with Crippen molar-refractivity contribution in [3.8, 4) is 5.75 Å². The molecule has 0 spiro atoms. The van der Waals surface area contributed by atoms with Gasteiger partial charge in [-0.05, 0) is 19.9 Å². The van der Waals surface area contributed by atoms with Crippen LogP contribution in [-0.4, -0.2) is 50.6 Å². The molecule has 1 aliphatic heterocycles. The SMILES string of the molecule is CCNC(=NCc1cc(C)ccc1OC(F)F)NCC1(CO)COC1. The van der Waals surface area contributed by atoms with E-state index >= 15 is 0 Å². The summed E-state index contributed by atoms with van der Waals surface area (Å²) in [5, 5.41) is 15.7. The van der Waals surface area contributed by atoms with Gasteiger partial charge in [-0.15, -0.1) is 0 Å². The minimum Gasteiger partial charge on any atom is -0.434 e. The van der Waals surface area contributed by atoms with Crippen molar-refractivity contribution < 1.29 is 23.4 Å². The molecule has 25 heavy (non-hydrogen) atoms. The van der Waals surface area contributed by atoms with Crippen LogP contribution in [0.5, 0.6) is 5.75 Å². The standard InChI is InChI=1S/C17H25F2N3O3/c1-3-20-16(22-8-17(9-23)10-24-11-17)21-7-13-6-12(2)4-5-14(13)25-15(18)19/h4-6,15,23H,3,7-11H2,1-2H3,(H2,20,21,22). The van der Waals surface area contributed by atoms with Gasteiger partial charge in [-0.3, -0.25) is 0 Å². The minimum absolute atomic E-state index is 0.0314. The van der Waals surface area contributed by atoms with Crippen molar-refractivity contribution in [3.05, 3.63) is 29.3 Å². The van der Waals surface area contributed by atoms with Crippen molar-refractivity contribution in [2.75, 3.05) is 32.9 Å². The van der Waals surface area contributed by atoms with E-state index in [-0.39, 0.29) is 24.3 Å². The molecule has 0 atom stereocenters. The van der Waals surface area contributed by atoms with Crippen molar-refractivity contribution in [3.63, 3.8) is 0 Å². The lowest BCUT2D eigenvalue weighted by molar-refractivity contribution is -0.132. The second-order valence-electron chi connectivity index (χ2n) is 6.19. The maximum Gasteiger partial charge on any atom is 0.387 e. The summed E-state index contributed by atoms with van der Waals surface area (Å²) in [5.41, 5.74) is 1.24. The summed E-state index contributed by atoms with van der Waals surface area (Å²) in [6, 6.07) is 5.02. The van der Waals surface area contributed by atoms with Crippen LogP contribution in [0.3, 0.4) is 0 Å². The van der Waals surface area contributed by atoms with E-state index in [9.17, 15) is 13.9 Å². The van der Waals surface area contributed by atoms with E-state index in [2.05, 4.69) is 20.4 Å². The van der Waals surface area contributed by atoms with Crippen molar-refractivity contribution >= 4 is 5.96 Å². The highest BCUT2D eigenvalue weighted by Crippen LogP contribution is 2.25. The quantitative estimate of drug-likeness (QED) is 0.487. The lowest BCUT2D eigenvalue weighted by Crippen LogP contribution is -2.54. The van der Waals surface area contributed by atoms with Crippen LogP contribution >= 0.6 is 0 Å². The normalized spacial score (nSPS) is 16.5. The number of nitrogens with one attached hydrogen (secondary N) is 2. The van der Waals surface area contributed by atoms with Crippen LogP contribution in [0.25, 0.3) is 0 Å². The van der Waals surface area contributed by atoms with E-state index in [0.29, 0.717) is 37.8 Å². The number of ether oxygens (including phenoxy) is 2. The number of aliphatic hydroxyl groups excluding tert-OH is 1. The monoisotopic (exact) mass is 357 g/mol. The van der Waals surface area contributed by atoms with Crippen molar-refractivity contribution in [2.45, 2.75) is 27.0 Å². The molecule has 1 aliphatic rings. The zero-order valence-corrected chi connectivity index (χ0v) is 14.5. The smallest absolute Gasteiger partial charge is 0.387 e. The van der Waals surface area contributed by atoms with E-state index in [1.54, 1.807) is 12.1 Å². The Labute approximate surface area is 146 Å². The molecule has 0 amide bonds. The number of aliphatic imine (C=N–C) groups is 1. The first-order valence-electron chi connectivity index (χ1n) is 8.23. The highest BCUT2D eigenvalue weighted by molar-refractivity contribution is 5.79. The van der Waals surface area contributed by atoms with E-state index < -0.39 is 6.61 Å². The molecule has 0 aliphatic carbocycles. The molecule has 8 heteroatoms. The molecule has 6 nitrogen and oxygen atoms in total. The Kier molecular flexibility index (Phi) is 6.95. The fourth-order valence-corrected chi connectivity index (χ4v) is 2.46. The van der Waals surface area contributed by atoms with E-state index in [1.807, 2.05) is 13.8 Å². The maximum atomic E-state index is 12.5. The van der Waals surface area contributed by atoms with Gasteiger partial charge in [0.15, 0.2) is 5.96 Å². The largest absolute Gasteiger partial charge is 0.434 e. The van der Waals surface area contributed by atoms with Gasteiger partial charge in [-0.25, -0.2) is 4.99 Å². The molecule has 1 aromatic carbocycles. The molecule has 0 radical (unpaired) electrons. The Balaban J connectivity index is 2.06. The van der Waals surface area contributed by atoms with Gasteiger partial charge in [0.25, 0.3) is 0 Å². The van der Waals surface area contributed by atoms with Crippen LogP contribution in [0.1, 0.15) is 18.1 Å². The van der Waals surface area contributed by atoms with E-state index in [1.165, 1.54) is 6.07 Å². The van der Waals surface area contributed by atoms with E-state index in [0.717, 1.165) is 5.56 Å². The molecule has 140 valence electrons. The Bertz CT molecular complexity index is 587. The van der Waals surface area contributed by atoms with Crippen molar-refractivity contribution in [2.24, 2.45) is 10.4 Å². The van der Waals surface area contributed by atoms with Gasteiger partial charge in [-0.2, -0.15) is 8.78 Å². The number of guanidine groups is 1. The Morgan fingerprint density at radius 3 is 2.72 bits per heavy atom. The molecule has 1 fully saturated rings. The van der Waals surface area contributed by atoms with Crippen LogP contribution < -0.4 is 15.4 Å². The predicted octanol–water partition coefficient (Wildman–Crippen LogP) is 1.66. The summed E-state index contributed by atoms with van der Waals surface area (Å²) in [6.07, 6.45) is 0. The molecule has 1 heterocycles. The molecule has 1 aromatic rings. The number of halogens is 2. The molecule has 2 rings (SSSR count). The molecule has 0 bridgehead atoms. The summed E-state index contributed by atoms with van der Waals surface area (Å²) in [7, 11) is 0. The second-order valence-corrected chi connectivity index (χ2v) is 6.19. The van der Waals surface area contributed by atoms with Crippen LogP contribution in [0.15, 0.2) is 23.2 Å². The molecule has 0 unspecified atom stereocenters. The average molecular weight is 357 g/mol. The highest BCUT2D eigenvalue weighted by Gasteiger charge is 2.38. The Morgan fingerprint density at radius 1 is 1.40 bits per heavy atom. The van der Waals surface area contributed by atoms with Gasteiger partial charge in [0.05, 0.1) is 31.8 Å². The molecule has 0 aromatic heterocycles. The Hall–Kier alpha value is -1.93. The maximum absolute atomic E-state index is 12.5. The van der Waals surface area contributed by atoms with Gasteiger partial charge >= 0.3 is 6.61 Å². The van der Waals surface area contributed by atoms with Gasteiger partial charge in [0.1, 0.15) is 5.75 Å². The minimum atomic E-state index is -2.88.